The van der Waals surface area contributed by atoms with E-state index in [1.165, 1.54) is 0 Å². The second-order valence-electron chi connectivity index (χ2n) is 6.18. The number of alkyl halides is 3. The van der Waals surface area contributed by atoms with Crippen molar-refractivity contribution in [1.29, 1.82) is 0 Å². The average Bonchev–Trinajstić information content (AvgIpc) is 2.77. The zero-order valence-corrected chi connectivity index (χ0v) is 12.4. The van der Waals surface area contributed by atoms with E-state index in [-0.39, 0.29) is 11.7 Å². The zero-order chi connectivity index (χ0) is 16.6. The fraction of sp³-hybridized carbons (Fsp3) is 0.600. The molecule has 3 saturated heterocycles. The van der Waals surface area contributed by atoms with Gasteiger partial charge in [-0.3, -0.25) is 4.79 Å². The molecule has 23 heavy (non-hydrogen) atoms. The third kappa shape index (κ3) is 3.63. The average molecular weight is 331 g/mol. The maximum Gasteiger partial charge on any atom is 0.420 e. The van der Waals surface area contributed by atoms with Crippen LogP contribution in [0.15, 0.2) is 12.1 Å². The summed E-state index contributed by atoms with van der Waals surface area (Å²) in [5.74, 6) is -1.75. The van der Waals surface area contributed by atoms with Gasteiger partial charge >= 0.3 is 6.18 Å². The Morgan fingerprint density at radius 3 is 2.57 bits per heavy atom. The van der Waals surface area contributed by atoms with Gasteiger partial charge in [-0.2, -0.15) is 17.6 Å². The van der Waals surface area contributed by atoms with Crippen LogP contribution in [0.3, 0.4) is 0 Å². The van der Waals surface area contributed by atoms with Crippen molar-refractivity contribution in [2.75, 3.05) is 19.6 Å². The molecule has 3 fully saturated rings. The second-order valence-corrected chi connectivity index (χ2v) is 6.18. The SMILES string of the molecule is O=C(NC1CC2CCN(CC2)C1)c1ccc(C(F)(F)F)c(F)n1. The molecule has 2 bridgehead atoms. The van der Waals surface area contributed by atoms with E-state index in [2.05, 4.69) is 15.2 Å². The lowest BCUT2D eigenvalue weighted by Crippen LogP contribution is -2.42. The van der Waals surface area contributed by atoms with E-state index in [4.69, 9.17) is 0 Å². The molecule has 1 aromatic rings. The molecule has 1 atom stereocenters. The van der Waals surface area contributed by atoms with Crippen molar-refractivity contribution in [3.63, 3.8) is 0 Å². The third-order valence-electron chi connectivity index (χ3n) is 4.53. The standard InChI is InChI=1S/C15H17F4N3O/c16-13-11(15(17,18)19)1-2-12(21-13)14(23)20-10-7-9-3-5-22(8-10)6-4-9/h1-2,9-10H,3-8H2,(H,20,23). The molecule has 126 valence electrons. The van der Waals surface area contributed by atoms with Gasteiger partial charge in [0.2, 0.25) is 5.95 Å². The molecule has 3 aliphatic heterocycles. The van der Waals surface area contributed by atoms with Crippen molar-refractivity contribution < 1.29 is 22.4 Å². The number of hydrogen-bond acceptors (Lipinski definition) is 3. The predicted molar refractivity (Wildman–Crippen MR) is 74.2 cm³/mol. The second kappa shape index (κ2) is 6.07. The first-order valence-electron chi connectivity index (χ1n) is 7.60. The van der Waals surface area contributed by atoms with Gasteiger partial charge in [0, 0.05) is 12.6 Å². The highest BCUT2D eigenvalue weighted by molar-refractivity contribution is 5.92. The number of nitrogens with zero attached hydrogens (tertiary/aromatic N) is 2. The Balaban J connectivity index is 1.70. The molecule has 0 radical (unpaired) electrons. The van der Waals surface area contributed by atoms with E-state index in [9.17, 15) is 22.4 Å². The van der Waals surface area contributed by atoms with Crippen LogP contribution < -0.4 is 5.32 Å². The van der Waals surface area contributed by atoms with Crippen LogP contribution >= 0.6 is 0 Å². The van der Waals surface area contributed by atoms with Gasteiger partial charge in [0.15, 0.2) is 0 Å². The summed E-state index contributed by atoms with van der Waals surface area (Å²) in [7, 11) is 0. The van der Waals surface area contributed by atoms with Gasteiger partial charge in [0.1, 0.15) is 11.3 Å². The summed E-state index contributed by atoms with van der Waals surface area (Å²) in [6.07, 6.45) is -1.79. The van der Waals surface area contributed by atoms with E-state index in [0.717, 1.165) is 38.4 Å². The highest BCUT2D eigenvalue weighted by Gasteiger charge is 2.35. The van der Waals surface area contributed by atoms with Crippen molar-refractivity contribution in [1.82, 2.24) is 15.2 Å². The Morgan fingerprint density at radius 2 is 1.96 bits per heavy atom. The fourth-order valence-electron chi connectivity index (χ4n) is 3.33. The Morgan fingerprint density at radius 1 is 1.26 bits per heavy atom. The first kappa shape index (κ1) is 16.2. The Kier molecular flexibility index (Phi) is 4.27. The number of fused-ring (bicyclic) bond motifs is 4. The molecule has 0 saturated carbocycles. The zero-order valence-electron chi connectivity index (χ0n) is 12.4. The number of halogens is 4. The molecule has 1 amide bonds. The largest absolute Gasteiger partial charge is 0.420 e. The molecule has 4 rings (SSSR count). The van der Waals surface area contributed by atoms with E-state index in [1.807, 2.05) is 0 Å². The first-order valence-corrected chi connectivity index (χ1v) is 7.60. The quantitative estimate of drug-likeness (QED) is 0.669. The van der Waals surface area contributed by atoms with Crippen LogP contribution in [0.1, 0.15) is 35.3 Å². The van der Waals surface area contributed by atoms with Gasteiger partial charge < -0.3 is 10.2 Å². The molecular formula is C15H17F4N3O. The lowest BCUT2D eigenvalue weighted by molar-refractivity contribution is -0.140. The molecule has 0 aromatic carbocycles. The molecule has 1 unspecified atom stereocenters. The lowest BCUT2D eigenvalue weighted by atomic mass is 9.94. The van der Waals surface area contributed by atoms with Gasteiger partial charge in [0.25, 0.3) is 5.91 Å². The Bertz CT molecular complexity index is 583. The van der Waals surface area contributed by atoms with Gasteiger partial charge in [0.05, 0.1) is 0 Å². The molecule has 3 aliphatic rings. The molecule has 0 aliphatic carbocycles. The van der Waals surface area contributed by atoms with Crippen molar-refractivity contribution >= 4 is 5.91 Å². The van der Waals surface area contributed by atoms with Gasteiger partial charge in [-0.1, -0.05) is 0 Å². The minimum atomic E-state index is -4.82. The third-order valence-corrected chi connectivity index (χ3v) is 4.53. The van der Waals surface area contributed by atoms with Crippen molar-refractivity contribution in [2.45, 2.75) is 31.5 Å². The smallest absolute Gasteiger partial charge is 0.347 e. The van der Waals surface area contributed by atoms with Gasteiger partial charge in [-0.05, 0) is 50.4 Å². The number of carbonyl (C=O) groups excluding carboxylic acids is 1. The number of nitrogens with one attached hydrogen (secondary N) is 1. The van der Waals surface area contributed by atoms with Crippen molar-refractivity contribution in [2.24, 2.45) is 5.92 Å². The van der Waals surface area contributed by atoms with E-state index in [1.54, 1.807) is 0 Å². The molecule has 8 heteroatoms. The molecule has 4 heterocycles. The summed E-state index contributed by atoms with van der Waals surface area (Å²) in [6.45, 7) is 2.72. The summed E-state index contributed by atoms with van der Waals surface area (Å²) >= 11 is 0. The van der Waals surface area contributed by atoms with E-state index in [0.29, 0.717) is 18.5 Å². The lowest BCUT2D eigenvalue weighted by Gasteiger charge is -2.26. The number of piperidine rings is 1. The molecular weight excluding hydrogens is 314 g/mol. The predicted octanol–water partition coefficient (Wildman–Crippen LogP) is 2.45. The summed E-state index contributed by atoms with van der Waals surface area (Å²) in [6, 6.07) is 1.38. The number of rotatable bonds is 2. The number of carbonyl (C=O) groups is 1. The number of amides is 1. The Hall–Kier alpha value is -1.70. The number of aromatic nitrogens is 1. The maximum absolute atomic E-state index is 13.5. The van der Waals surface area contributed by atoms with Crippen LogP contribution in [-0.4, -0.2) is 41.5 Å². The highest BCUT2D eigenvalue weighted by Crippen LogP contribution is 2.30. The van der Waals surface area contributed by atoms with Gasteiger partial charge in [-0.15, -0.1) is 0 Å². The Labute approximate surface area is 130 Å². The van der Waals surface area contributed by atoms with Crippen LogP contribution in [0, 0.1) is 11.9 Å². The van der Waals surface area contributed by atoms with Crippen LogP contribution in [-0.2, 0) is 6.18 Å². The van der Waals surface area contributed by atoms with E-state index < -0.39 is 23.6 Å². The fourth-order valence-corrected chi connectivity index (χ4v) is 3.33. The molecule has 0 spiro atoms. The van der Waals surface area contributed by atoms with Crippen molar-refractivity contribution in [3.8, 4) is 0 Å². The van der Waals surface area contributed by atoms with Crippen LogP contribution in [0.4, 0.5) is 17.6 Å². The van der Waals surface area contributed by atoms with Crippen LogP contribution in [0.5, 0.6) is 0 Å². The molecule has 1 N–H and O–H groups in total. The van der Waals surface area contributed by atoms with E-state index >= 15 is 0 Å². The summed E-state index contributed by atoms with van der Waals surface area (Å²) < 4.78 is 51.0. The highest BCUT2D eigenvalue weighted by atomic mass is 19.4. The minimum Gasteiger partial charge on any atom is -0.347 e. The molecule has 1 aromatic heterocycles. The maximum atomic E-state index is 13.5. The summed E-state index contributed by atoms with van der Waals surface area (Å²) in [4.78, 5) is 17.6. The molecule has 4 nitrogen and oxygen atoms in total. The van der Waals surface area contributed by atoms with Crippen molar-refractivity contribution in [3.05, 3.63) is 29.3 Å². The van der Waals surface area contributed by atoms with Crippen LogP contribution in [0.25, 0.3) is 0 Å². The summed E-state index contributed by atoms with van der Waals surface area (Å²) in [5.41, 5.74) is -1.80. The number of hydrogen-bond donors (Lipinski definition) is 1. The van der Waals surface area contributed by atoms with Crippen LogP contribution in [0.2, 0.25) is 0 Å². The number of pyridine rings is 1. The topological polar surface area (TPSA) is 45.2 Å². The normalized spacial score (nSPS) is 27.6. The first-order chi connectivity index (χ1) is 10.8. The summed E-state index contributed by atoms with van der Waals surface area (Å²) in [5, 5.41) is 2.77. The minimum absolute atomic E-state index is 0.0790. The monoisotopic (exact) mass is 331 g/mol. The van der Waals surface area contributed by atoms with Gasteiger partial charge in [-0.25, -0.2) is 4.98 Å².